The summed E-state index contributed by atoms with van der Waals surface area (Å²) in [5, 5.41) is 3.36. The molecule has 5 nitrogen and oxygen atoms in total. The summed E-state index contributed by atoms with van der Waals surface area (Å²) in [6.07, 6.45) is 2.93. The Hall–Kier alpha value is -0.650. The normalized spacial score (nSPS) is 29.6. The lowest BCUT2D eigenvalue weighted by Crippen LogP contribution is -2.50. The molecule has 0 radical (unpaired) electrons. The minimum atomic E-state index is -0.0658. The molecule has 2 heterocycles. The molecular formula is C15H29N3O2. The first-order valence-electron chi connectivity index (χ1n) is 7.96. The topological polar surface area (TPSA) is 44.8 Å². The molecule has 0 bridgehead atoms. The molecule has 20 heavy (non-hydrogen) atoms. The Labute approximate surface area is 122 Å². The molecule has 3 atom stereocenters. The van der Waals surface area contributed by atoms with Gasteiger partial charge in [0.05, 0.1) is 18.2 Å². The molecule has 116 valence electrons. The number of hydrogen-bond acceptors (Lipinski definition) is 4. The van der Waals surface area contributed by atoms with Crippen LogP contribution >= 0.6 is 0 Å². The van der Waals surface area contributed by atoms with Crippen molar-refractivity contribution in [1.82, 2.24) is 15.1 Å². The lowest BCUT2D eigenvalue weighted by Gasteiger charge is -2.35. The number of morpholine rings is 1. The van der Waals surface area contributed by atoms with Crippen LogP contribution in [0.1, 0.15) is 33.6 Å². The maximum absolute atomic E-state index is 12.2. The Morgan fingerprint density at radius 2 is 1.85 bits per heavy atom. The second kappa shape index (κ2) is 7.38. The Bertz CT molecular complexity index is 308. The number of carbonyl (C=O) groups is 1. The van der Waals surface area contributed by atoms with Gasteiger partial charge in [-0.3, -0.25) is 9.69 Å². The standard InChI is InChI=1S/C15H29N3O2/c1-12-10-17(11-13(2)20-12)9-6-16-14(3)15(19)18-7-4-5-8-18/h12-14,16H,4-11H2,1-3H3/t12-,13-,14-/m1/s1. The van der Waals surface area contributed by atoms with E-state index in [-0.39, 0.29) is 11.9 Å². The fourth-order valence-corrected chi connectivity index (χ4v) is 3.20. The van der Waals surface area contributed by atoms with Crippen molar-refractivity contribution in [3.63, 3.8) is 0 Å². The highest BCUT2D eigenvalue weighted by Gasteiger charge is 2.24. The molecule has 0 spiro atoms. The Kier molecular flexibility index (Phi) is 5.81. The lowest BCUT2D eigenvalue weighted by atomic mass is 10.2. The molecule has 0 saturated carbocycles. The van der Waals surface area contributed by atoms with E-state index in [2.05, 4.69) is 24.1 Å². The van der Waals surface area contributed by atoms with Crippen molar-refractivity contribution in [2.24, 2.45) is 0 Å². The van der Waals surface area contributed by atoms with Gasteiger partial charge in [-0.15, -0.1) is 0 Å². The first kappa shape index (κ1) is 15.7. The summed E-state index contributed by atoms with van der Waals surface area (Å²) in [6, 6.07) is -0.0658. The molecule has 5 heteroatoms. The fraction of sp³-hybridized carbons (Fsp3) is 0.933. The van der Waals surface area contributed by atoms with E-state index in [1.807, 2.05) is 11.8 Å². The van der Waals surface area contributed by atoms with E-state index >= 15 is 0 Å². The smallest absolute Gasteiger partial charge is 0.239 e. The molecule has 0 aromatic heterocycles. The van der Waals surface area contributed by atoms with Crippen molar-refractivity contribution in [3.8, 4) is 0 Å². The van der Waals surface area contributed by atoms with Crippen LogP contribution < -0.4 is 5.32 Å². The van der Waals surface area contributed by atoms with Gasteiger partial charge in [-0.1, -0.05) is 0 Å². The van der Waals surface area contributed by atoms with Gasteiger partial charge in [0.1, 0.15) is 0 Å². The van der Waals surface area contributed by atoms with Crippen LogP contribution in [0.15, 0.2) is 0 Å². The van der Waals surface area contributed by atoms with Gasteiger partial charge in [0.25, 0.3) is 0 Å². The summed E-state index contributed by atoms with van der Waals surface area (Å²) in [5.74, 6) is 0.256. The van der Waals surface area contributed by atoms with Crippen molar-refractivity contribution in [2.75, 3.05) is 39.3 Å². The van der Waals surface area contributed by atoms with Crippen molar-refractivity contribution < 1.29 is 9.53 Å². The molecule has 0 unspecified atom stereocenters. The van der Waals surface area contributed by atoms with Gasteiger partial charge in [-0.25, -0.2) is 0 Å². The summed E-state index contributed by atoms with van der Waals surface area (Å²) in [7, 11) is 0. The van der Waals surface area contributed by atoms with Crippen molar-refractivity contribution in [2.45, 2.75) is 51.9 Å². The number of ether oxygens (including phenoxy) is 1. The zero-order chi connectivity index (χ0) is 14.5. The average molecular weight is 283 g/mol. The van der Waals surface area contributed by atoms with Gasteiger partial charge in [-0.05, 0) is 33.6 Å². The van der Waals surface area contributed by atoms with Crippen LogP contribution in [0.25, 0.3) is 0 Å². The summed E-state index contributed by atoms with van der Waals surface area (Å²) in [5.41, 5.74) is 0. The molecule has 1 amide bonds. The molecule has 2 rings (SSSR count). The minimum Gasteiger partial charge on any atom is -0.373 e. The summed E-state index contributed by atoms with van der Waals surface area (Å²) in [4.78, 5) is 16.6. The Balaban J connectivity index is 1.65. The van der Waals surface area contributed by atoms with Crippen LogP contribution in [0, 0.1) is 0 Å². The molecule has 0 aromatic carbocycles. The first-order valence-corrected chi connectivity index (χ1v) is 7.96. The van der Waals surface area contributed by atoms with E-state index in [9.17, 15) is 4.79 Å². The molecule has 2 aliphatic heterocycles. The molecule has 0 aliphatic carbocycles. The van der Waals surface area contributed by atoms with E-state index in [4.69, 9.17) is 4.74 Å². The summed E-state index contributed by atoms with van der Waals surface area (Å²) >= 11 is 0. The minimum absolute atomic E-state index is 0.0658. The van der Waals surface area contributed by atoms with E-state index in [0.717, 1.165) is 52.1 Å². The summed E-state index contributed by atoms with van der Waals surface area (Å²) in [6.45, 7) is 11.9. The molecule has 2 aliphatic rings. The van der Waals surface area contributed by atoms with E-state index in [1.54, 1.807) is 0 Å². The third-order valence-corrected chi connectivity index (χ3v) is 4.16. The van der Waals surface area contributed by atoms with Crippen LogP contribution in [0.5, 0.6) is 0 Å². The average Bonchev–Trinajstić information content (AvgIpc) is 2.90. The van der Waals surface area contributed by atoms with Crippen LogP contribution in [0.3, 0.4) is 0 Å². The van der Waals surface area contributed by atoms with E-state index < -0.39 is 0 Å². The number of amides is 1. The quantitative estimate of drug-likeness (QED) is 0.806. The maximum atomic E-state index is 12.2. The maximum Gasteiger partial charge on any atom is 0.239 e. The number of nitrogens with one attached hydrogen (secondary N) is 1. The van der Waals surface area contributed by atoms with Crippen molar-refractivity contribution in [3.05, 3.63) is 0 Å². The van der Waals surface area contributed by atoms with Gasteiger partial charge in [-0.2, -0.15) is 0 Å². The number of hydrogen-bond donors (Lipinski definition) is 1. The summed E-state index contributed by atoms with van der Waals surface area (Å²) < 4.78 is 5.73. The Morgan fingerprint density at radius 3 is 2.45 bits per heavy atom. The molecule has 2 fully saturated rings. The second-order valence-corrected chi connectivity index (χ2v) is 6.23. The highest BCUT2D eigenvalue weighted by atomic mass is 16.5. The molecule has 1 N–H and O–H groups in total. The zero-order valence-electron chi connectivity index (χ0n) is 13.1. The highest BCUT2D eigenvalue weighted by molar-refractivity contribution is 5.81. The monoisotopic (exact) mass is 283 g/mol. The fourth-order valence-electron chi connectivity index (χ4n) is 3.20. The van der Waals surface area contributed by atoms with Gasteiger partial charge in [0, 0.05) is 39.3 Å². The van der Waals surface area contributed by atoms with E-state index in [0.29, 0.717) is 12.2 Å². The number of nitrogens with zero attached hydrogens (tertiary/aromatic N) is 2. The third kappa shape index (κ3) is 4.43. The van der Waals surface area contributed by atoms with E-state index in [1.165, 1.54) is 0 Å². The van der Waals surface area contributed by atoms with Gasteiger partial charge in [0.15, 0.2) is 0 Å². The van der Waals surface area contributed by atoms with Crippen molar-refractivity contribution >= 4 is 5.91 Å². The van der Waals surface area contributed by atoms with Crippen LogP contribution in [0.2, 0.25) is 0 Å². The second-order valence-electron chi connectivity index (χ2n) is 6.23. The SMILES string of the molecule is C[C@@H]1CN(CCN[C@H](C)C(=O)N2CCCC2)C[C@@H](C)O1. The Morgan fingerprint density at radius 1 is 1.25 bits per heavy atom. The van der Waals surface area contributed by atoms with Crippen LogP contribution in [0.4, 0.5) is 0 Å². The van der Waals surface area contributed by atoms with Crippen LogP contribution in [-0.4, -0.2) is 73.2 Å². The molecular weight excluding hydrogens is 254 g/mol. The van der Waals surface area contributed by atoms with Gasteiger partial charge < -0.3 is 15.0 Å². The van der Waals surface area contributed by atoms with Crippen molar-refractivity contribution in [1.29, 1.82) is 0 Å². The largest absolute Gasteiger partial charge is 0.373 e. The van der Waals surface area contributed by atoms with Gasteiger partial charge in [0.2, 0.25) is 5.91 Å². The highest BCUT2D eigenvalue weighted by Crippen LogP contribution is 2.10. The first-order chi connectivity index (χ1) is 9.56. The predicted octanol–water partition coefficient (Wildman–Crippen LogP) is 0.696. The molecule has 2 saturated heterocycles. The number of carbonyl (C=O) groups excluding carboxylic acids is 1. The van der Waals surface area contributed by atoms with Gasteiger partial charge >= 0.3 is 0 Å². The number of rotatable bonds is 5. The van der Waals surface area contributed by atoms with Crippen LogP contribution in [-0.2, 0) is 9.53 Å². The third-order valence-electron chi connectivity index (χ3n) is 4.16. The number of likely N-dealkylation sites (tertiary alicyclic amines) is 1. The lowest BCUT2D eigenvalue weighted by molar-refractivity contribution is -0.132. The predicted molar refractivity (Wildman–Crippen MR) is 79.7 cm³/mol. The zero-order valence-corrected chi connectivity index (χ0v) is 13.1. The molecule has 0 aromatic rings.